The van der Waals surface area contributed by atoms with Gasteiger partial charge in [-0.1, -0.05) is 18.2 Å². The Morgan fingerprint density at radius 3 is 2.58 bits per heavy atom. The molecule has 4 aromatic rings. The fourth-order valence-electron chi connectivity index (χ4n) is 3.25. The highest BCUT2D eigenvalue weighted by atomic mass is 16.5. The molecule has 33 heavy (non-hydrogen) atoms. The van der Waals surface area contributed by atoms with E-state index in [-0.39, 0.29) is 11.4 Å². The van der Waals surface area contributed by atoms with Crippen LogP contribution in [0.1, 0.15) is 10.4 Å². The summed E-state index contributed by atoms with van der Waals surface area (Å²) < 4.78 is 7.24. The number of fused-ring (bicyclic) bond motifs is 1. The van der Waals surface area contributed by atoms with Crippen LogP contribution in [0, 0.1) is 0 Å². The van der Waals surface area contributed by atoms with Gasteiger partial charge in [-0.2, -0.15) is 0 Å². The Bertz CT molecular complexity index is 1490. The predicted octanol–water partition coefficient (Wildman–Crippen LogP) is 1.49. The second-order valence-corrected chi connectivity index (χ2v) is 7.21. The van der Waals surface area contributed by atoms with Crippen LogP contribution in [0.15, 0.2) is 70.5 Å². The Labute approximate surface area is 187 Å². The number of nitrogens with zero attached hydrogens (tertiary/aromatic N) is 4. The van der Waals surface area contributed by atoms with Gasteiger partial charge in [0, 0.05) is 43.5 Å². The third kappa shape index (κ3) is 4.40. The average molecular weight is 445 g/mol. The summed E-state index contributed by atoms with van der Waals surface area (Å²) in [5, 5.41) is 2.99. The number of anilines is 1. The molecule has 166 valence electrons. The van der Waals surface area contributed by atoms with Crippen molar-refractivity contribution in [3.8, 4) is 11.3 Å². The summed E-state index contributed by atoms with van der Waals surface area (Å²) in [5.74, 6) is -1.42. The van der Waals surface area contributed by atoms with Crippen molar-refractivity contribution in [2.75, 3.05) is 11.9 Å². The third-order valence-corrected chi connectivity index (χ3v) is 5.02. The summed E-state index contributed by atoms with van der Waals surface area (Å²) in [4.78, 5) is 57.7. The van der Waals surface area contributed by atoms with Gasteiger partial charge in [0.1, 0.15) is 5.82 Å². The minimum absolute atomic E-state index is 0.00243. The molecule has 10 heteroatoms. The van der Waals surface area contributed by atoms with E-state index in [1.165, 1.54) is 14.1 Å². The molecule has 1 amide bonds. The SMILES string of the molecule is Cn1c(NC(=O)COC(=O)c2cc(-c3cccnc3)nc3ccccc23)cc(=O)n(C)c1=O. The molecule has 0 atom stereocenters. The Hall–Kier alpha value is -4.60. The molecule has 0 aliphatic rings. The highest BCUT2D eigenvalue weighted by molar-refractivity contribution is 6.05. The zero-order chi connectivity index (χ0) is 23.5. The van der Waals surface area contributed by atoms with E-state index in [0.717, 1.165) is 20.8 Å². The first-order valence-electron chi connectivity index (χ1n) is 9.89. The molecular formula is C23H19N5O5. The van der Waals surface area contributed by atoms with Gasteiger partial charge in [0.05, 0.1) is 16.8 Å². The Balaban J connectivity index is 1.57. The van der Waals surface area contributed by atoms with Crippen LogP contribution in [0.2, 0.25) is 0 Å². The molecule has 0 saturated carbocycles. The van der Waals surface area contributed by atoms with E-state index in [4.69, 9.17) is 4.74 Å². The van der Waals surface area contributed by atoms with Crippen LogP contribution in [0.3, 0.4) is 0 Å². The first kappa shape index (κ1) is 21.6. The number of benzene rings is 1. The monoisotopic (exact) mass is 445 g/mol. The third-order valence-electron chi connectivity index (χ3n) is 5.02. The first-order valence-corrected chi connectivity index (χ1v) is 9.89. The summed E-state index contributed by atoms with van der Waals surface area (Å²) >= 11 is 0. The molecule has 0 unspecified atom stereocenters. The van der Waals surface area contributed by atoms with Gasteiger partial charge in [0.25, 0.3) is 11.5 Å². The van der Waals surface area contributed by atoms with Crippen LogP contribution < -0.4 is 16.6 Å². The molecule has 0 fully saturated rings. The number of carbonyl (C=O) groups excluding carboxylic acids is 2. The van der Waals surface area contributed by atoms with Crippen molar-refractivity contribution in [1.82, 2.24) is 19.1 Å². The van der Waals surface area contributed by atoms with Crippen molar-refractivity contribution in [1.29, 1.82) is 0 Å². The van der Waals surface area contributed by atoms with E-state index in [1.807, 2.05) is 6.07 Å². The second-order valence-electron chi connectivity index (χ2n) is 7.21. The summed E-state index contributed by atoms with van der Waals surface area (Å²) in [7, 11) is 2.74. The van der Waals surface area contributed by atoms with Crippen molar-refractivity contribution in [3.05, 3.63) is 87.3 Å². The molecule has 0 aliphatic heterocycles. The number of carbonyl (C=O) groups is 2. The number of rotatable bonds is 5. The van der Waals surface area contributed by atoms with E-state index in [2.05, 4.69) is 15.3 Å². The molecule has 0 spiro atoms. The highest BCUT2D eigenvalue weighted by Gasteiger charge is 2.17. The standard InChI is InChI=1S/C23H19N5O5/c1-27-19(11-21(30)28(2)23(27)32)26-20(29)13-33-22(31)16-10-18(14-6-5-9-24-12-14)25-17-8-4-3-7-15(16)17/h3-12H,13H2,1-2H3,(H,26,29). The summed E-state index contributed by atoms with van der Waals surface area (Å²) in [6.07, 6.45) is 3.27. The molecule has 3 heterocycles. The van der Waals surface area contributed by atoms with Gasteiger partial charge in [0.15, 0.2) is 6.61 Å². The van der Waals surface area contributed by atoms with Crippen LogP contribution in [0.5, 0.6) is 0 Å². The van der Waals surface area contributed by atoms with Crippen molar-refractivity contribution >= 4 is 28.6 Å². The number of ether oxygens (including phenoxy) is 1. The van der Waals surface area contributed by atoms with Crippen molar-refractivity contribution in [3.63, 3.8) is 0 Å². The van der Waals surface area contributed by atoms with Crippen LogP contribution in [0.4, 0.5) is 5.82 Å². The van der Waals surface area contributed by atoms with E-state index >= 15 is 0 Å². The van der Waals surface area contributed by atoms with E-state index in [9.17, 15) is 19.2 Å². The van der Waals surface area contributed by atoms with Gasteiger partial charge < -0.3 is 10.1 Å². The summed E-state index contributed by atoms with van der Waals surface area (Å²) in [6.45, 7) is -0.610. The molecule has 0 saturated heterocycles. The topological polar surface area (TPSA) is 125 Å². The van der Waals surface area contributed by atoms with Crippen LogP contribution in [0.25, 0.3) is 22.2 Å². The maximum atomic E-state index is 12.9. The number of pyridine rings is 2. The van der Waals surface area contributed by atoms with E-state index < -0.39 is 29.7 Å². The minimum Gasteiger partial charge on any atom is -0.452 e. The second kappa shape index (κ2) is 8.87. The normalized spacial score (nSPS) is 10.7. The number of amides is 1. The van der Waals surface area contributed by atoms with Crippen LogP contribution >= 0.6 is 0 Å². The molecule has 0 aliphatic carbocycles. The fourth-order valence-corrected chi connectivity index (χ4v) is 3.25. The Morgan fingerprint density at radius 1 is 1.03 bits per heavy atom. The summed E-state index contributed by atoms with van der Waals surface area (Å²) in [6, 6.07) is 13.4. The molecule has 0 radical (unpaired) electrons. The van der Waals surface area contributed by atoms with Gasteiger partial charge in [-0.3, -0.25) is 23.7 Å². The molecule has 10 nitrogen and oxygen atoms in total. The van der Waals surface area contributed by atoms with Gasteiger partial charge >= 0.3 is 11.7 Å². The molecule has 0 bridgehead atoms. The molecular weight excluding hydrogens is 426 g/mol. The lowest BCUT2D eigenvalue weighted by atomic mass is 10.1. The van der Waals surface area contributed by atoms with Crippen LogP contribution in [-0.4, -0.2) is 37.6 Å². The Morgan fingerprint density at radius 2 is 1.82 bits per heavy atom. The fraction of sp³-hybridized carbons (Fsp3) is 0.130. The highest BCUT2D eigenvalue weighted by Crippen LogP contribution is 2.25. The van der Waals surface area contributed by atoms with Gasteiger partial charge in [-0.25, -0.2) is 14.6 Å². The van der Waals surface area contributed by atoms with E-state index in [0.29, 0.717) is 16.6 Å². The largest absolute Gasteiger partial charge is 0.452 e. The van der Waals surface area contributed by atoms with Crippen molar-refractivity contribution < 1.29 is 14.3 Å². The summed E-state index contributed by atoms with van der Waals surface area (Å²) in [5.41, 5.74) is 0.922. The average Bonchev–Trinajstić information content (AvgIpc) is 2.84. The quantitative estimate of drug-likeness (QED) is 0.461. The predicted molar refractivity (Wildman–Crippen MR) is 121 cm³/mol. The Kier molecular flexibility index (Phi) is 5.81. The number of aromatic nitrogens is 4. The molecule has 1 N–H and O–H groups in total. The number of esters is 1. The lowest BCUT2D eigenvalue weighted by molar-refractivity contribution is -0.119. The lowest BCUT2D eigenvalue weighted by Gasteiger charge is -2.12. The number of hydrogen-bond acceptors (Lipinski definition) is 7. The van der Waals surface area contributed by atoms with Crippen LogP contribution in [-0.2, 0) is 23.6 Å². The van der Waals surface area contributed by atoms with E-state index in [1.54, 1.807) is 48.8 Å². The smallest absolute Gasteiger partial charge is 0.339 e. The maximum absolute atomic E-state index is 12.9. The molecule has 1 aromatic carbocycles. The number of hydrogen-bond donors (Lipinski definition) is 1. The molecule has 3 aromatic heterocycles. The first-order chi connectivity index (χ1) is 15.8. The van der Waals surface area contributed by atoms with Gasteiger partial charge in [0.2, 0.25) is 0 Å². The molecule has 4 rings (SSSR count). The lowest BCUT2D eigenvalue weighted by Crippen LogP contribution is -2.38. The number of para-hydroxylation sites is 1. The number of nitrogens with one attached hydrogen (secondary N) is 1. The minimum atomic E-state index is -0.716. The maximum Gasteiger partial charge on any atom is 0.339 e. The zero-order valence-corrected chi connectivity index (χ0v) is 17.8. The van der Waals surface area contributed by atoms with Crippen molar-refractivity contribution in [2.45, 2.75) is 0 Å². The zero-order valence-electron chi connectivity index (χ0n) is 17.8. The van der Waals surface area contributed by atoms with Gasteiger partial charge in [-0.05, 0) is 24.3 Å². The van der Waals surface area contributed by atoms with Crippen molar-refractivity contribution in [2.24, 2.45) is 14.1 Å². The van der Waals surface area contributed by atoms with Gasteiger partial charge in [-0.15, -0.1) is 0 Å².